The molecule has 0 aliphatic heterocycles. The van der Waals surface area contributed by atoms with Crippen LogP contribution >= 0.6 is 0 Å². The number of aromatic nitrogens is 2. The monoisotopic (exact) mass is 211 g/mol. The maximum atomic E-state index is 8.70. The summed E-state index contributed by atoms with van der Waals surface area (Å²) in [5.41, 5.74) is 0. The minimum absolute atomic E-state index is 0.272. The zero-order chi connectivity index (χ0) is 11.1. The van der Waals surface area contributed by atoms with E-state index in [9.17, 15) is 0 Å². The molecular weight excluding hydrogens is 190 g/mol. The Balaban J connectivity index is 2.39. The quantitative estimate of drug-likeness (QED) is 0.665. The molecule has 0 amide bonds. The van der Waals surface area contributed by atoms with Gasteiger partial charge < -0.3 is 15.0 Å². The topological polar surface area (TPSA) is 50.1 Å². The number of hydrogen-bond acceptors (Lipinski definition) is 3. The predicted octanol–water partition coefficient (Wildman–Crippen LogP) is 1.15. The molecular formula is C11H21N3O. The van der Waals surface area contributed by atoms with Crippen LogP contribution in [-0.4, -0.2) is 27.3 Å². The molecule has 0 fully saturated rings. The van der Waals surface area contributed by atoms with Gasteiger partial charge in [0.05, 0.1) is 6.54 Å². The third-order valence-electron chi connectivity index (χ3n) is 2.28. The van der Waals surface area contributed by atoms with Gasteiger partial charge in [-0.05, 0) is 12.8 Å². The van der Waals surface area contributed by atoms with Crippen LogP contribution in [0.15, 0.2) is 12.4 Å². The van der Waals surface area contributed by atoms with E-state index >= 15 is 0 Å². The van der Waals surface area contributed by atoms with Crippen LogP contribution in [0, 0.1) is 0 Å². The first-order valence-electron chi connectivity index (χ1n) is 5.58. The van der Waals surface area contributed by atoms with Gasteiger partial charge in [-0.3, -0.25) is 0 Å². The van der Waals surface area contributed by atoms with Crippen LogP contribution < -0.4 is 5.32 Å². The van der Waals surface area contributed by atoms with Gasteiger partial charge >= 0.3 is 0 Å². The standard InChI is InChI=1S/C11H21N3O/c1-10(2)13-9-11-12-5-7-14(11)6-3-4-8-15/h5,7,10,13,15H,3-4,6,8-9H2,1-2H3. The average molecular weight is 211 g/mol. The molecule has 15 heavy (non-hydrogen) atoms. The Morgan fingerprint density at radius 3 is 2.93 bits per heavy atom. The van der Waals surface area contributed by atoms with E-state index in [1.807, 2.05) is 12.4 Å². The summed E-state index contributed by atoms with van der Waals surface area (Å²) in [4.78, 5) is 4.30. The lowest BCUT2D eigenvalue weighted by Gasteiger charge is -2.10. The molecule has 4 nitrogen and oxygen atoms in total. The third-order valence-corrected chi connectivity index (χ3v) is 2.28. The van der Waals surface area contributed by atoms with E-state index < -0.39 is 0 Å². The van der Waals surface area contributed by atoms with Crippen molar-refractivity contribution in [3.05, 3.63) is 18.2 Å². The molecule has 1 aromatic heterocycles. The summed E-state index contributed by atoms with van der Waals surface area (Å²) in [7, 11) is 0. The number of hydrogen-bond donors (Lipinski definition) is 2. The molecule has 0 spiro atoms. The second-order valence-electron chi connectivity index (χ2n) is 4.00. The number of nitrogens with one attached hydrogen (secondary N) is 1. The van der Waals surface area contributed by atoms with Crippen LogP contribution in [0.3, 0.4) is 0 Å². The normalized spacial score (nSPS) is 11.2. The molecule has 0 aliphatic carbocycles. The lowest BCUT2D eigenvalue weighted by atomic mass is 10.3. The van der Waals surface area contributed by atoms with Gasteiger partial charge in [0.25, 0.3) is 0 Å². The number of aliphatic hydroxyl groups is 1. The number of aliphatic hydroxyl groups excluding tert-OH is 1. The number of imidazole rings is 1. The van der Waals surface area contributed by atoms with E-state index in [-0.39, 0.29) is 6.61 Å². The van der Waals surface area contributed by atoms with Crippen LogP contribution in [0.25, 0.3) is 0 Å². The lowest BCUT2D eigenvalue weighted by molar-refractivity contribution is 0.281. The van der Waals surface area contributed by atoms with Crippen molar-refractivity contribution in [1.29, 1.82) is 0 Å². The summed E-state index contributed by atoms with van der Waals surface area (Å²) < 4.78 is 2.14. The van der Waals surface area contributed by atoms with E-state index in [0.717, 1.165) is 31.8 Å². The Labute approximate surface area is 91.3 Å². The number of nitrogens with zero attached hydrogens (tertiary/aromatic N) is 2. The van der Waals surface area contributed by atoms with Crippen molar-refractivity contribution in [3.8, 4) is 0 Å². The average Bonchev–Trinajstić information content (AvgIpc) is 2.63. The molecule has 1 aromatic rings. The Morgan fingerprint density at radius 1 is 1.47 bits per heavy atom. The number of rotatable bonds is 7. The van der Waals surface area contributed by atoms with E-state index in [4.69, 9.17) is 5.11 Å². The van der Waals surface area contributed by atoms with E-state index in [1.54, 1.807) is 0 Å². The summed E-state index contributed by atoms with van der Waals surface area (Å²) in [5, 5.41) is 12.0. The molecule has 86 valence electrons. The Hall–Kier alpha value is -0.870. The highest BCUT2D eigenvalue weighted by atomic mass is 16.2. The minimum atomic E-state index is 0.272. The van der Waals surface area contributed by atoms with Crippen molar-refractivity contribution in [2.75, 3.05) is 6.61 Å². The summed E-state index contributed by atoms with van der Waals surface area (Å²) in [6.07, 6.45) is 5.68. The van der Waals surface area contributed by atoms with Gasteiger partial charge in [0.2, 0.25) is 0 Å². The van der Waals surface area contributed by atoms with Crippen molar-refractivity contribution >= 4 is 0 Å². The van der Waals surface area contributed by atoms with Gasteiger partial charge in [-0.15, -0.1) is 0 Å². The van der Waals surface area contributed by atoms with Crippen LogP contribution in [0.2, 0.25) is 0 Å². The van der Waals surface area contributed by atoms with Gasteiger partial charge in [-0.25, -0.2) is 4.98 Å². The molecule has 0 radical (unpaired) electrons. The van der Waals surface area contributed by atoms with Crippen LogP contribution in [0.1, 0.15) is 32.5 Å². The lowest BCUT2D eigenvalue weighted by Crippen LogP contribution is -2.24. The summed E-state index contributed by atoms with van der Waals surface area (Å²) in [6, 6.07) is 0.479. The zero-order valence-corrected chi connectivity index (χ0v) is 9.61. The molecule has 0 bridgehead atoms. The van der Waals surface area contributed by atoms with Gasteiger partial charge in [0.15, 0.2) is 0 Å². The van der Waals surface area contributed by atoms with Crippen LogP contribution in [0.4, 0.5) is 0 Å². The molecule has 1 rings (SSSR count). The highest BCUT2D eigenvalue weighted by Crippen LogP contribution is 2.01. The molecule has 1 heterocycles. The van der Waals surface area contributed by atoms with E-state index in [0.29, 0.717) is 6.04 Å². The van der Waals surface area contributed by atoms with Gasteiger partial charge in [-0.1, -0.05) is 13.8 Å². The van der Waals surface area contributed by atoms with Crippen molar-refractivity contribution in [2.24, 2.45) is 0 Å². The van der Waals surface area contributed by atoms with Gasteiger partial charge in [0, 0.05) is 31.6 Å². The van der Waals surface area contributed by atoms with E-state index in [2.05, 4.69) is 28.7 Å². The SMILES string of the molecule is CC(C)NCc1nccn1CCCCO. The molecule has 4 heteroatoms. The van der Waals surface area contributed by atoms with Gasteiger partial charge in [0.1, 0.15) is 5.82 Å². The fourth-order valence-electron chi connectivity index (χ4n) is 1.40. The molecule has 0 unspecified atom stereocenters. The second-order valence-corrected chi connectivity index (χ2v) is 4.00. The molecule has 0 aromatic carbocycles. The van der Waals surface area contributed by atoms with Gasteiger partial charge in [-0.2, -0.15) is 0 Å². The second kappa shape index (κ2) is 6.58. The Kier molecular flexibility index (Phi) is 5.36. The predicted molar refractivity (Wildman–Crippen MR) is 60.5 cm³/mol. The number of aryl methyl sites for hydroxylation is 1. The Morgan fingerprint density at radius 2 is 2.27 bits per heavy atom. The minimum Gasteiger partial charge on any atom is -0.396 e. The zero-order valence-electron chi connectivity index (χ0n) is 9.61. The van der Waals surface area contributed by atoms with Crippen molar-refractivity contribution in [2.45, 2.75) is 45.8 Å². The van der Waals surface area contributed by atoms with E-state index in [1.165, 1.54) is 0 Å². The first-order chi connectivity index (χ1) is 7.24. The highest BCUT2D eigenvalue weighted by Gasteiger charge is 2.02. The molecule has 0 aliphatic rings. The smallest absolute Gasteiger partial charge is 0.122 e. The number of unbranched alkanes of at least 4 members (excludes halogenated alkanes) is 1. The third kappa shape index (κ3) is 4.44. The molecule has 0 atom stereocenters. The largest absolute Gasteiger partial charge is 0.396 e. The van der Waals surface area contributed by atoms with Crippen molar-refractivity contribution < 1.29 is 5.11 Å². The Bertz CT molecular complexity index is 271. The summed E-state index contributed by atoms with van der Waals surface area (Å²) in [5.74, 6) is 1.07. The van der Waals surface area contributed by atoms with Crippen molar-refractivity contribution in [1.82, 2.24) is 14.9 Å². The first-order valence-corrected chi connectivity index (χ1v) is 5.58. The first kappa shape index (κ1) is 12.2. The van der Waals surface area contributed by atoms with Crippen molar-refractivity contribution in [3.63, 3.8) is 0 Å². The fourth-order valence-corrected chi connectivity index (χ4v) is 1.40. The molecule has 0 saturated heterocycles. The maximum absolute atomic E-state index is 8.70. The summed E-state index contributed by atoms with van der Waals surface area (Å²) >= 11 is 0. The van der Waals surface area contributed by atoms with Crippen LogP contribution in [0.5, 0.6) is 0 Å². The fraction of sp³-hybridized carbons (Fsp3) is 0.727. The summed E-state index contributed by atoms with van der Waals surface area (Å²) in [6.45, 7) is 6.27. The highest BCUT2D eigenvalue weighted by molar-refractivity contribution is 4.92. The maximum Gasteiger partial charge on any atom is 0.122 e. The van der Waals surface area contributed by atoms with Crippen LogP contribution in [-0.2, 0) is 13.1 Å². The molecule has 0 saturated carbocycles. The molecule has 2 N–H and O–H groups in total.